The molecule has 2 aliphatic heterocycles. The van der Waals surface area contributed by atoms with Gasteiger partial charge in [-0.15, -0.1) is 0 Å². The third-order valence-corrected chi connectivity index (χ3v) is 9.00. The Morgan fingerprint density at radius 2 is 1.24 bits per heavy atom. The lowest BCUT2D eigenvalue weighted by Crippen LogP contribution is -2.13. The van der Waals surface area contributed by atoms with Crippen LogP contribution in [0.2, 0.25) is 0 Å². The highest BCUT2D eigenvalue weighted by Crippen LogP contribution is 2.49. The molecule has 0 saturated heterocycles. The number of fused-ring (bicyclic) bond motifs is 9. The zero-order valence-electron chi connectivity index (χ0n) is 22.0. The molecule has 0 amide bonds. The molecule has 41 heavy (non-hydrogen) atoms. The molecule has 0 atom stereocenters. The van der Waals surface area contributed by atoms with E-state index in [2.05, 4.69) is 118 Å². The summed E-state index contributed by atoms with van der Waals surface area (Å²) in [5, 5.41) is 8.81. The van der Waals surface area contributed by atoms with Crippen LogP contribution in [0.25, 0.3) is 71.0 Å². The van der Waals surface area contributed by atoms with Crippen LogP contribution >= 0.6 is 0 Å². The standard InChI is InChI=1S/C38H21N3/c1-2-8-24-17-33-30-15-14-26(28-10-5-11-29(37(28)30)32(33)16-23(24)7-1)25-18-36(40-19-25)41-35-21-39-20-34(35)31-13-12-22-6-3-4-9-27(22)38(31)41/h1-21H/q+2. The Kier molecular flexibility index (Phi) is 3.85. The van der Waals surface area contributed by atoms with Gasteiger partial charge in [0.15, 0.2) is 11.7 Å². The second kappa shape index (κ2) is 7.47. The molecule has 6 aromatic carbocycles. The minimum atomic E-state index is 0.919. The first-order valence-electron chi connectivity index (χ1n) is 14.0. The minimum Gasteiger partial charge on any atom is -0.211 e. The van der Waals surface area contributed by atoms with E-state index in [9.17, 15) is 0 Å². The van der Waals surface area contributed by atoms with Gasteiger partial charge in [0.05, 0.1) is 6.08 Å². The van der Waals surface area contributed by atoms with Crippen molar-refractivity contribution in [3.63, 3.8) is 0 Å². The lowest BCUT2D eigenvalue weighted by atomic mass is 9.94. The number of nitrogens with zero attached hydrogens (tertiary/aromatic N) is 3. The summed E-state index contributed by atoms with van der Waals surface area (Å²) in [7, 11) is 0. The molecule has 0 N–H and O–H groups in total. The summed E-state index contributed by atoms with van der Waals surface area (Å²) in [6.45, 7) is 0. The molecule has 3 nitrogen and oxygen atoms in total. The number of hydrogen-bond donors (Lipinski definition) is 0. The Morgan fingerprint density at radius 3 is 2.10 bits per heavy atom. The Hall–Kier alpha value is -5.72. The fourth-order valence-corrected chi connectivity index (χ4v) is 7.19. The molecule has 0 fully saturated rings. The van der Waals surface area contributed by atoms with Crippen LogP contribution in [0, 0.1) is 0 Å². The topological polar surface area (TPSA) is 33.1 Å². The zero-order chi connectivity index (χ0) is 26.7. The summed E-state index contributed by atoms with van der Waals surface area (Å²) in [6.07, 6.45) is 8.18. The molecule has 1 aromatic heterocycles. The molecule has 0 spiro atoms. The van der Waals surface area contributed by atoms with Crippen LogP contribution in [-0.2, 0) is 0 Å². The number of hydrogen-bond acceptors (Lipinski definition) is 0. The lowest BCUT2D eigenvalue weighted by Gasteiger charge is -2.08. The van der Waals surface area contributed by atoms with Crippen LogP contribution in [0.5, 0.6) is 0 Å². The highest BCUT2D eigenvalue weighted by Gasteiger charge is 2.34. The van der Waals surface area contributed by atoms with Crippen LogP contribution < -0.4 is 9.34 Å². The van der Waals surface area contributed by atoms with Crippen molar-refractivity contribution in [2.75, 3.05) is 0 Å². The van der Waals surface area contributed by atoms with E-state index in [0.29, 0.717) is 0 Å². The summed E-state index contributed by atoms with van der Waals surface area (Å²) in [4.78, 5) is 0. The molecule has 10 rings (SSSR count). The van der Waals surface area contributed by atoms with Crippen molar-refractivity contribution in [1.82, 2.24) is 13.9 Å². The van der Waals surface area contributed by atoms with E-state index in [1.54, 1.807) is 0 Å². The normalized spacial score (nSPS) is 14.0. The van der Waals surface area contributed by atoms with Gasteiger partial charge in [0.2, 0.25) is 5.69 Å². The SMILES string of the molecule is C1=[N+]=Cc2c1c1ccc3ccccc3c1n2C1=[N+]=CC(c2ccc3c4c(cccc24)-c2cc4ccccc4cc2-3)=C1. The van der Waals surface area contributed by atoms with Gasteiger partial charge in [-0.25, -0.2) is 4.67 Å². The predicted octanol–water partition coefficient (Wildman–Crippen LogP) is 7.15. The predicted molar refractivity (Wildman–Crippen MR) is 174 cm³/mol. The molecule has 1 aliphatic carbocycles. The summed E-state index contributed by atoms with van der Waals surface area (Å²) in [5.74, 6) is 0.919. The largest absolute Gasteiger partial charge is 0.381 e. The van der Waals surface area contributed by atoms with Gasteiger partial charge in [0.25, 0.3) is 0 Å². The maximum absolute atomic E-state index is 5.00. The van der Waals surface area contributed by atoms with Gasteiger partial charge in [-0.1, -0.05) is 89.6 Å². The maximum Gasteiger partial charge on any atom is 0.381 e. The quantitative estimate of drug-likeness (QED) is 0.206. The van der Waals surface area contributed by atoms with E-state index >= 15 is 0 Å². The first-order valence-corrected chi connectivity index (χ1v) is 14.0. The summed E-state index contributed by atoms with van der Waals surface area (Å²) in [5.41, 5.74) is 11.0. The van der Waals surface area contributed by atoms with Crippen molar-refractivity contribution in [3.05, 3.63) is 126 Å². The third kappa shape index (κ3) is 2.69. The first-order chi connectivity index (χ1) is 20.3. The Bertz CT molecular complexity index is 2490. The average molecular weight is 520 g/mol. The second-order valence-corrected chi connectivity index (χ2v) is 11.1. The zero-order valence-corrected chi connectivity index (χ0v) is 22.0. The van der Waals surface area contributed by atoms with Gasteiger partial charge >= 0.3 is 18.3 Å². The molecule has 0 radical (unpaired) electrons. The van der Waals surface area contributed by atoms with Gasteiger partial charge in [-0.05, 0) is 72.9 Å². The Labute approximate surface area is 235 Å². The van der Waals surface area contributed by atoms with Crippen LogP contribution in [0.15, 0.2) is 109 Å². The molecule has 3 aliphatic rings. The number of rotatable bonds is 1. The summed E-state index contributed by atoms with van der Waals surface area (Å²) < 4.78 is 11.8. The molecule has 3 heterocycles. The summed E-state index contributed by atoms with van der Waals surface area (Å²) in [6, 6.07) is 37.6. The molecule has 186 valence electrons. The maximum atomic E-state index is 5.00. The molecule has 7 aromatic rings. The lowest BCUT2D eigenvalue weighted by molar-refractivity contribution is 1.21. The third-order valence-electron chi connectivity index (χ3n) is 9.00. The van der Waals surface area contributed by atoms with Gasteiger partial charge < -0.3 is 0 Å². The molecule has 3 heteroatoms. The summed E-state index contributed by atoms with van der Waals surface area (Å²) >= 11 is 0. The van der Waals surface area contributed by atoms with Crippen LogP contribution in [0.4, 0.5) is 0 Å². The molecular weight excluding hydrogens is 498 g/mol. The van der Waals surface area contributed by atoms with Gasteiger partial charge in [-0.2, -0.15) is 4.57 Å². The fraction of sp³-hybridized carbons (Fsp3) is 0. The van der Waals surface area contributed by atoms with E-state index in [-0.39, 0.29) is 0 Å². The monoisotopic (exact) mass is 519 g/mol. The smallest absolute Gasteiger partial charge is 0.211 e. The van der Waals surface area contributed by atoms with E-state index in [1.165, 1.54) is 71.0 Å². The highest BCUT2D eigenvalue weighted by atomic mass is 15.1. The van der Waals surface area contributed by atoms with Crippen molar-refractivity contribution < 1.29 is 0 Å². The molecular formula is C38H21N3+2. The van der Waals surface area contributed by atoms with Crippen molar-refractivity contribution in [2.24, 2.45) is 0 Å². The van der Waals surface area contributed by atoms with Crippen molar-refractivity contribution in [3.8, 4) is 22.3 Å². The van der Waals surface area contributed by atoms with E-state index in [4.69, 9.17) is 4.67 Å². The number of allylic oxidation sites excluding steroid dienone is 2. The van der Waals surface area contributed by atoms with Crippen molar-refractivity contribution in [2.45, 2.75) is 0 Å². The van der Waals surface area contributed by atoms with Crippen molar-refractivity contribution in [1.29, 1.82) is 0 Å². The Balaban J connectivity index is 1.17. The van der Waals surface area contributed by atoms with Gasteiger partial charge in [-0.3, -0.25) is 0 Å². The average Bonchev–Trinajstić information content (AvgIpc) is 3.80. The van der Waals surface area contributed by atoms with Gasteiger partial charge in [0.1, 0.15) is 5.56 Å². The number of benzene rings is 6. The molecule has 0 unspecified atom stereocenters. The van der Waals surface area contributed by atoms with E-state index in [0.717, 1.165) is 22.7 Å². The first kappa shape index (κ1) is 21.1. The van der Waals surface area contributed by atoms with E-state index in [1.807, 2.05) is 18.6 Å². The number of aromatic nitrogens is 1. The fourth-order valence-electron chi connectivity index (χ4n) is 7.19. The molecule has 0 saturated carbocycles. The minimum absolute atomic E-state index is 0.919. The van der Waals surface area contributed by atoms with Crippen molar-refractivity contribution >= 4 is 73.3 Å². The van der Waals surface area contributed by atoms with Crippen LogP contribution in [0.1, 0.15) is 16.8 Å². The Morgan fingerprint density at radius 1 is 0.512 bits per heavy atom. The van der Waals surface area contributed by atoms with Gasteiger partial charge in [0, 0.05) is 16.3 Å². The van der Waals surface area contributed by atoms with Crippen LogP contribution in [-0.4, -0.2) is 29.0 Å². The highest BCUT2D eigenvalue weighted by molar-refractivity contribution is 6.30. The molecule has 0 bridgehead atoms. The van der Waals surface area contributed by atoms with Crippen LogP contribution in [0.3, 0.4) is 0 Å². The van der Waals surface area contributed by atoms with E-state index < -0.39 is 0 Å². The second-order valence-electron chi connectivity index (χ2n) is 11.1.